The molecule has 2 aromatic heterocycles. The summed E-state index contributed by atoms with van der Waals surface area (Å²) < 4.78 is 15.4. The maximum Gasteiger partial charge on any atom is 0.343 e. The van der Waals surface area contributed by atoms with Crippen molar-refractivity contribution in [2.24, 2.45) is 0 Å². The van der Waals surface area contributed by atoms with Crippen LogP contribution in [0.1, 0.15) is 40.9 Å². The average molecular weight is 303 g/mol. The Morgan fingerprint density at radius 3 is 2.95 bits per heavy atom. The van der Waals surface area contributed by atoms with Gasteiger partial charge in [-0.25, -0.2) is 4.79 Å². The second-order valence-electron chi connectivity index (χ2n) is 4.74. The van der Waals surface area contributed by atoms with E-state index in [1.165, 1.54) is 12.5 Å². The normalized spacial score (nSPS) is 16.8. The molecule has 3 heterocycles. The van der Waals surface area contributed by atoms with Gasteiger partial charge in [-0.1, -0.05) is 0 Å². The van der Waals surface area contributed by atoms with E-state index in [0.717, 1.165) is 0 Å². The molecule has 1 atom stereocenters. The molecule has 3 rings (SSSR count). The Labute approximate surface area is 124 Å². The van der Waals surface area contributed by atoms with Gasteiger partial charge in [-0.05, 0) is 19.1 Å². The van der Waals surface area contributed by atoms with Crippen LogP contribution >= 0.6 is 0 Å². The lowest BCUT2D eigenvalue weighted by Gasteiger charge is -2.23. The number of carbonyl (C=O) groups is 2. The number of aromatic amines is 1. The molecule has 2 aromatic rings. The molecule has 0 bridgehead atoms. The minimum Gasteiger partial charge on any atom is -0.469 e. The number of carbonyl (C=O) groups excluding carboxylic acids is 2. The molecular formula is C15H13NO6. The van der Waals surface area contributed by atoms with Gasteiger partial charge in [-0.15, -0.1) is 0 Å². The zero-order valence-electron chi connectivity index (χ0n) is 11.8. The average Bonchev–Trinajstić information content (AvgIpc) is 3.00. The predicted octanol–water partition coefficient (Wildman–Crippen LogP) is 1.59. The van der Waals surface area contributed by atoms with Crippen molar-refractivity contribution in [1.29, 1.82) is 0 Å². The lowest BCUT2D eigenvalue weighted by Crippen LogP contribution is -2.29. The molecule has 1 aliphatic heterocycles. The Kier molecular flexibility index (Phi) is 3.54. The van der Waals surface area contributed by atoms with Crippen molar-refractivity contribution in [3.63, 3.8) is 0 Å². The summed E-state index contributed by atoms with van der Waals surface area (Å²) in [4.78, 5) is 38.5. The van der Waals surface area contributed by atoms with Crippen LogP contribution in [0, 0.1) is 0 Å². The van der Waals surface area contributed by atoms with E-state index in [2.05, 4.69) is 4.98 Å². The molecule has 0 radical (unpaired) electrons. The standard InChI is InChI=1S/C15H13NO6/c1-2-20-15(19)9-7-16-14(18)12-8(10-4-3-5-21-10)6-11(17)22-13(9)12/h3-5,7-8H,2,6H2,1H3,(H,16,18). The van der Waals surface area contributed by atoms with E-state index < -0.39 is 23.4 Å². The number of nitrogens with one attached hydrogen (secondary N) is 1. The van der Waals surface area contributed by atoms with Crippen molar-refractivity contribution < 1.29 is 23.5 Å². The van der Waals surface area contributed by atoms with Gasteiger partial charge in [0.15, 0.2) is 5.75 Å². The maximum atomic E-state index is 12.2. The van der Waals surface area contributed by atoms with Crippen LogP contribution in [-0.2, 0) is 9.53 Å². The van der Waals surface area contributed by atoms with Gasteiger partial charge < -0.3 is 18.9 Å². The summed E-state index contributed by atoms with van der Waals surface area (Å²) in [6, 6.07) is 3.34. The summed E-state index contributed by atoms with van der Waals surface area (Å²) in [5.74, 6) is -1.39. The fourth-order valence-corrected chi connectivity index (χ4v) is 2.47. The molecule has 0 fully saturated rings. The maximum absolute atomic E-state index is 12.2. The highest BCUT2D eigenvalue weighted by Gasteiger charge is 2.36. The van der Waals surface area contributed by atoms with Crippen LogP contribution in [0.5, 0.6) is 5.75 Å². The molecule has 1 aliphatic rings. The monoisotopic (exact) mass is 303 g/mol. The number of H-pyrrole nitrogens is 1. The van der Waals surface area contributed by atoms with E-state index in [0.29, 0.717) is 5.76 Å². The topological polar surface area (TPSA) is 98.6 Å². The van der Waals surface area contributed by atoms with Gasteiger partial charge in [-0.3, -0.25) is 9.59 Å². The van der Waals surface area contributed by atoms with Crippen LogP contribution in [-0.4, -0.2) is 23.5 Å². The lowest BCUT2D eigenvalue weighted by atomic mass is 9.90. The molecule has 114 valence electrons. The summed E-state index contributed by atoms with van der Waals surface area (Å²) in [5.41, 5.74) is -0.224. The predicted molar refractivity (Wildman–Crippen MR) is 73.8 cm³/mol. The molecule has 1 N–H and O–H groups in total. The minimum absolute atomic E-state index is 0.0149. The van der Waals surface area contributed by atoms with E-state index in [1.54, 1.807) is 19.1 Å². The Morgan fingerprint density at radius 1 is 1.45 bits per heavy atom. The molecule has 7 heteroatoms. The number of aromatic nitrogens is 1. The number of fused-ring (bicyclic) bond motifs is 1. The molecule has 0 saturated carbocycles. The highest BCUT2D eigenvalue weighted by molar-refractivity contribution is 5.94. The van der Waals surface area contributed by atoms with E-state index in [9.17, 15) is 14.4 Å². The van der Waals surface area contributed by atoms with Crippen molar-refractivity contribution >= 4 is 11.9 Å². The third-order valence-electron chi connectivity index (χ3n) is 3.40. The summed E-state index contributed by atoms with van der Waals surface area (Å²) in [5, 5.41) is 0. The molecule has 0 saturated heterocycles. The third-order valence-corrected chi connectivity index (χ3v) is 3.40. The first-order chi connectivity index (χ1) is 10.6. The van der Waals surface area contributed by atoms with Gasteiger partial charge >= 0.3 is 11.9 Å². The zero-order valence-corrected chi connectivity index (χ0v) is 11.8. The van der Waals surface area contributed by atoms with Crippen LogP contribution in [0.15, 0.2) is 33.8 Å². The van der Waals surface area contributed by atoms with Crippen LogP contribution in [0.2, 0.25) is 0 Å². The molecular weight excluding hydrogens is 290 g/mol. The van der Waals surface area contributed by atoms with Crippen LogP contribution < -0.4 is 10.3 Å². The quantitative estimate of drug-likeness (QED) is 0.864. The molecule has 22 heavy (non-hydrogen) atoms. The van der Waals surface area contributed by atoms with Gasteiger partial charge in [0, 0.05) is 6.20 Å². The van der Waals surface area contributed by atoms with E-state index in [-0.39, 0.29) is 29.9 Å². The Morgan fingerprint density at radius 2 is 2.27 bits per heavy atom. The van der Waals surface area contributed by atoms with Gasteiger partial charge in [0.2, 0.25) is 0 Å². The van der Waals surface area contributed by atoms with Crippen molar-refractivity contribution in [2.75, 3.05) is 6.61 Å². The van der Waals surface area contributed by atoms with E-state index in [1.807, 2.05) is 0 Å². The van der Waals surface area contributed by atoms with E-state index >= 15 is 0 Å². The molecule has 1 unspecified atom stereocenters. The summed E-state index contributed by atoms with van der Waals surface area (Å²) in [7, 11) is 0. The highest BCUT2D eigenvalue weighted by Crippen LogP contribution is 2.38. The SMILES string of the molecule is CCOC(=O)c1c[nH]c(=O)c2c1OC(=O)CC2c1ccco1. The highest BCUT2D eigenvalue weighted by atomic mass is 16.5. The van der Waals surface area contributed by atoms with Crippen LogP contribution in [0.4, 0.5) is 0 Å². The van der Waals surface area contributed by atoms with Gasteiger partial charge in [0.1, 0.15) is 11.3 Å². The number of ether oxygens (including phenoxy) is 2. The smallest absolute Gasteiger partial charge is 0.343 e. The molecule has 0 aliphatic carbocycles. The third kappa shape index (κ3) is 2.30. The fourth-order valence-electron chi connectivity index (χ4n) is 2.47. The van der Waals surface area contributed by atoms with Crippen molar-refractivity contribution in [3.05, 3.63) is 51.8 Å². The summed E-state index contributed by atoms with van der Waals surface area (Å²) >= 11 is 0. The van der Waals surface area contributed by atoms with Crippen molar-refractivity contribution in [2.45, 2.75) is 19.3 Å². The Balaban J connectivity index is 2.18. The number of hydrogen-bond donors (Lipinski definition) is 1. The first kappa shape index (κ1) is 14.1. The molecule has 7 nitrogen and oxygen atoms in total. The number of furan rings is 1. The summed E-state index contributed by atoms with van der Waals surface area (Å²) in [6.07, 6.45) is 2.62. The summed E-state index contributed by atoms with van der Waals surface area (Å²) in [6.45, 7) is 1.83. The minimum atomic E-state index is -0.664. The molecule has 0 spiro atoms. The number of pyridine rings is 1. The van der Waals surface area contributed by atoms with Crippen LogP contribution in [0.25, 0.3) is 0 Å². The van der Waals surface area contributed by atoms with E-state index in [4.69, 9.17) is 13.9 Å². The second-order valence-corrected chi connectivity index (χ2v) is 4.74. The number of rotatable bonds is 3. The first-order valence-corrected chi connectivity index (χ1v) is 6.78. The van der Waals surface area contributed by atoms with Crippen molar-refractivity contribution in [1.82, 2.24) is 4.98 Å². The number of hydrogen-bond acceptors (Lipinski definition) is 6. The Hall–Kier alpha value is -2.83. The van der Waals surface area contributed by atoms with Gasteiger partial charge in [0.05, 0.1) is 30.8 Å². The largest absolute Gasteiger partial charge is 0.469 e. The van der Waals surface area contributed by atoms with Crippen LogP contribution in [0.3, 0.4) is 0 Å². The number of esters is 2. The molecule has 0 amide bonds. The zero-order chi connectivity index (χ0) is 15.7. The molecule has 0 aromatic carbocycles. The van der Waals surface area contributed by atoms with Gasteiger partial charge in [0.25, 0.3) is 5.56 Å². The lowest BCUT2D eigenvalue weighted by molar-refractivity contribution is -0.135. The Bertz CT molecular complexity index is 774. The first-order valence-electron chi connectivity index (χ1n) is 6.78. The van der Waals surface area contributed by atoms with Gasteiger partial charge in [-0.2, -0.15) is 0 Å². The van der Waals surface area contributed by atoms with Crippen molar-refractivity contribution in [3.8, 4) is 5.75 Å². The second kappa shape index (κ2) is 5.51. The fraction of sp³-hybridized carbons (Fsp3) is 0.267.